The van der Waals surface area contributed by atoms with E-state index in [1.165, 1.54) is 12.1 Å². The van der Waals surface area contributed by atoms with Crippen LogP contribution >= 0.6 is 0 Å². The highest BCUT2D eigenvalue weighted by atomic mass is 19.1. The highest BCUT2D eigenvalue weighted by Crippen LogP contribution is 2.32. The first-order valence-corrected chi connectivity index (χ1v) is 7.40. The van der Waals surface area contributed by atoms with Crippen LogP contribution in [0.15, 0.2) is 18.2 Å². The fourth-order valence-electron chi connectivity index (χ4n) is 2.73. The first-order chi connectivity index (χ1) is 11.0. The van der Waals surface area contributed by atoms with E-state index < -0.39 is 17.7 Å². The summed E-state index contributed by atoms with van der Waals surface area (Å²) in [6, 6.07) is 3.75. The number of carboxylic acid groups (broad SMARTS) is 1. The highest BCUT2D eigenvalue weighted by Gasteiger charge is 2.31. The molecule has 1 aliphatic rings. The van der Waals surface area contributed by atoms with E-state index in [2.05, 4.69) is 11.2 Å². The Morgan fingerprint density at radius 1 is 1.39 bits per heavy atom. The molecule has 0 radical (unpaired) electrons. The van der Waals surface area contributed by atoms with Crippen molar-refractivity contribution in [2.45, 2.75) is 25.7 Å². The number of hydrogen-bond acceptors (Lipinski definition) is 3. The van der Waals surface area contributed by atoms with Gasteiger partial charge in [-0.05, 0) is 31.4 Å². The zero-order chi connectivity index (χ0) is 16.8. The zero-order valence-electron chi connectivity index (χ0n) is 12.5. The second kappa shape index (κ2) is 7.63. The third kappa shape index (κ3) is 4.46. The summed E-state index contributed by atoms with van der Waals surface area (Å²) < 4.78 is 18.5. The molecule has 2 N–H and O–H groups in total. The molecule has 0 saturated heterocycles. The predicted octanol–water partition coefficient (Wildman–Crippen LogP) is 2.67. The maximum atomic E-state index is 13.3. The van der Waals surface area contributed by atoms with Gasteiger partial charge in [0.05, 0.1) is 11.6 Å². The normalized spacial score (nSPS) is 20.3. The fourth-order valence-corrected chi connectivity index (χ4v) is 2.73. The van der Waals surface area contributed by atoms with Gasteiger partial charge in [0.25, 0.3) is 0 Å². The standard InChI is InChI=1S/C17H18FNO4/c1-2-8-23-15-10-13(18)6-7-14(15)19-16(20)11-4-3-5-12(9-11)17(21)22/h1,6-7,10-12H,3-5,8-9H2,(H,19,20)(H,21,22). The third-order valence-electron chi connectivity index (χ3n) is 3.91. The van der Waals surface area contributed by atoms with Crippen molar-refractivity contribution in [2.75, 3.05) is 11.9 Å². The summed E-state index contributed by atoms with van der Waals surface area (Å²) >= 11 is 0. The van der Waals surface area contributed by atoms with Gasteiger partial charge in [-0.15, -0.1) is 6.42 Å². The van der Waals surface area contributed by atoms with E-state index in [0.29, 0.717) is 31.4 Å². The number of carboxylic acids is 1. The van der Waals surface area contributed by atoms with Crippen molar-refractivity contribution in [1.29, 1.82) is 0 Å². The van der Waals surface area contributed by atoms with Gasteiger partial charge in [-0.1, -0.05) is 12.3 Å². The summed E-state index contributed by atoms with van der Waals surface area (Å²) in [4.78, 5) is 23.4. The maximum absolute atomic E-state index is 13.3. The van der Waals surface area contributed by atoms with Crippen molar-refractivity contribution >= 4 is 17.6 Å². The van der Waals surface area contributed by atoms with E-state index in [9.17, 15) is 14.0 Å². The number of carbonyl (C=O) groups is 2. The Morgan fingerprint density at radius 3 is 2.83 bits per heavy atom. The van der Waals surface area contributed by atoms with E-state index in [1.54, 1.807) is 0 Å². The van der Waals surface area contributed by atoms with Crippen LogP contribution in [0, 0.1) is 30.0 Å². The number of rotatable bonds is 5. The molecule has 0 aliphatic heterocycles. The van der Waals surface area contributed by atoms with Crippen LogP contribution in [0.25, 0.3) is 0 Å². The predicted molar refractivity (Wildman–Crippen MR) is 82.4 cm³/mol. The highest BCUT2D eigenvalue weighted by molar-refractivity contribution is 5.94. The molecule has 1 amide bonds. The van der Waals surface area contributed by atoms with Gasteiger partial charge >= 0.3 is 5.97 Å². The Morgan fingerprint density at radius 2 is 2.13 bits per heavy atom. The Labute approximate surface area is 133 Å². The number of halogens is 1. The Hall–Kier alpha value is -2.55. The van der Waals surface area contributed by atoms with Gasteiger partial charge < -0.3 is 15.2 Å². The van der Waals surface area contributed by atoms with Gasteiger partial charge in [0.15, 0.2) is 0 Å². The smallest absolute Gasteiger partial charge is 0.306 e. The second-order valence-electron chi connectivity index (χ2n) is 5.52. The average Bonchev–Trinajstić information content (AvgIpc) is 2.55. The van der Waals surface area contributed by atoms with Gasteiger partial charge in [-0.2, -0.15) is 0 Å². The summed E-state index contributed by atoms with van der Waals surface area (Å²) in [6.07, 6.45) is 7.34. The molecule has 2 rings (SSSR count). The minimum absolute atomic E-state index is 0.0448. The molecular weight excluding hydrogens is 301 g/mol. The zero-order valence-corrected chi connectivity index (χ0v) is 12.5. The minimum Gasteiger partial charge on any atom is -0.481 e. The van der Waals surface area contributed by atoms with Crippen molar-refractivity contribution in [3.8, 4) is 18.1 Å². The molecule has 122 valence electrons. The van der Waals surface area contributed by atoms with E-state index in [1.807, 2.05) is 0 Å². The molecule has 2 unspecified atom stereocenters. The van der Waals surface area contributed by atoms with Crippen molar-refractivity contribution in [1.82, 2.24) is 0 Å². The van der Waals surface area contributed by atoms with Crippen molar-refractivity contribution in [3.63, 3.8) is 0 Å². The van der Waals surface area contributed by atoms with Gasteiger partial charge in [0.2, 0.25) is 5.91 Å². The molecule has 1 aromatic carbocycles. The van der Waals surface area contributed by atoms with Crippen LogP contribution < -0.4 is 10.1 Å². The number of amides is 1. The summed E-state index contributed by atoms with van der Waals surface area (Å²) in [5.41, 5.74) is 0.323. The molecule has 1 fully saturated rings. The van der Waals surface area contributed by atoms with Gasteiger partial charge in [-0.25, -0.2) is 4.39 Å². The number of aliphatic carboxylic acids is 1. The van der Waals surface area contributed by atoms with Crippen LogP contribution in [0.4, 0.5) is 10.1 Å². The number of terminal acetylenes is 1. The Bertz CT molecular complexity index is 638. The molecular formula is C17H18FNO4. The topological polar surface area (TPSA) is 75.6 Å². The minimum atomic E-state index is -0.873. The number of carbonyl (C=O) groups excluding carboxylic acids is 1. The van der Waals surface area contributed by atoms with Gasteiger partial charge in [-0.3, -0.25) is 9.59 Å². The number of anilines is 1. The van der Waals surface area contributed by atoms with E-state index in [4.69, 9.17) is 16.3 Å². The van der Waals surface area contributed by atoms with Crippen LogP contribution in [0.2, 0.25) is 0 Å². The molecule has 0 heterocycles. The molecule has 0 bridgehead atoms. The first kappa shape index (κ1) is 16.8. The lowest BCUT2D eigenvalue weighted by Gasteiger charge is -2.26. The van der Waals surface area contributed by atoms with E-state index in [0.717, 1.165) is 6.07 Å². The molecule has 6 heteroatoms. The van der Waals surface area contributed by atoms with Crippen molar-refractivity contribution in [3.05, 3.63) is 24.0 Å². The van der Waals surface area contributed by atoms with Crippen LogP contribution in [0.1, 0.15) is 25.7 Å². The molecule has 1 saturated carbocycles. The molecule has 1 aromatic rings. The molecule has 23 heavy (non-hydrogen) atoms. The summed E-state index contributed by atoms with van der Waals surface area (Å²) in [6.45, 7) is -0.0448. The van der Waals surface area contributed by atoms with Crippen LogP contribution in [0.3, 0.4) is 0 Å². The lowest BCUT2D eigenvalue weighted by atomic mass is 9.81. The Kier molecular flexibility index (Phi) is 5.58. The lowest BCUT2D eigenvalue weighted by Crippen LogP contribution is -2.31. The largest absolute Gasteiger partial charge is 0.481 e. The van der Waals surface area contributed by atoms with E-state index >= 15 is 0 Å². The second-order valence-corrected chi connectivity index (χ2v) is 5.52. The summed E-state index contributed by atoms with van der Waals surface area (Å²) in [5.74, 6) is -0.103. The number of hydrogen-bond donors (Lipinski definition) is 2. The quantitative estimate of drug-likeness (QED) is 0.818. The van der Waals surface area contributed by atoms with E-state index in [-0.39, 0.29) is 24.2 Å². The summed E-state index contributed by atoms with van der Waals surface area (Å²) in [5, 5.41) is 11.8. The van der Waals surface area contributed by atoms with Gasteiger partial charge in [0, 0.05) is 12.0 Å². The number of ether oxygens (including phenoxy) is 1. The van der Waals surface area contributed by atoms with Crippen molar-refractivity contribution in [2.24, 2.45) is 11.8 Å². The summed E-state index contributed by atoms with van der Waals surface area (Å²) in [7, 11) is 0. The Balaban J connectivity index is 2.07. The maximum Gasteiger partial charge on any atom is 0.306 e. The molecule has 1 aliphatic carbocycles. The van der Waals surface area contributed by atoms with Crippen LogP contribution in [-0.4, -0.2) is 23.6 Å². The molecule has 0 spiro atoms. The molecule has 2 atom stereocenters. The lowest BCUT2D eigenvalue weighted by molar-refractivity contribution is -0.143. The first-order valence-electron chi connectivity index (χ1n) is 7.40. The van der Waals surface area contributed by atoms with Crippen LogP contribution in [-0.2, 0) is 9.59 Å². The van der Waals surface area contributed by atoms with Gasteiger partial charge in [0.1, 0.15) is 18.2 Å². The number of nitrogens with one attached hydrogen (secondary N) is 1. The van der Waals surface area contributed by atoms with Crippen LogP contribution in [0.5, 0.6) is 5.75 Å². The average molecular weight is 319 g/mol. The van der Waals surface area contributed by atoms with Crippen molar-refractivity contribution < 1.29 is 23.8 Å². The SMILES string of the molecule is C#CCOc1cc(F)ccc1NC(=O)C1CCCC(C(=O)O)C1. The number of benzene rings is 1. The molecule has 5 nitrogen and oxygen atoms in total. The third-order valence-corrected chi connectivity index (χ3v) is 3.91. The molecule has 0 aromatic heterocycles. The monoisotopic (exact) mass is 319 g/mol. The fraction of sp³-hybridized carbons (Fsp3) is 0.412.